The fourth-order valence-electron chi connectivity index (χ4n) is 4.75. The number of benzene rings is 3. The molecule has 0 heterocycles. The molecule has 4 rings (SSSR count). The zero-order chi connectivity index (χ0) is 29.5. The number of nitrogens with one attached hydrogen (secondary N) is 3. The van der Waals surface area contributed by atoms with Gasteiger partial charge in [-0.25, -0.2) is 9.59 Å². The average Bonchev–Trinajstić information content (AvgIpc) is 3.27. The van der Waals surface area contributed by atoms with Gasteiger partial charge in [0.15, 0.2) is 0 Å². The van der Waals surface area contributed by atoms with Crippen LogP contribution in [0.4, 0.5) is 15.3 Å². The van der Waals surface area contributed by atoms with E-state index < -0.39 is 35.4 Å². The molecule has 0 aliphatic heterocycles. The normalized spacial score (nSPS) is 13.4. The fourth-order valence-corrected chi connectivity index (χ4v) is 4.80. The van der Waals surface area contributed by atoms with E-state index >= 15 is 0 Å². The van der Waals surface area contributed by atoms with Gasteiger partial charge < -0.3 is 25.4 Å². The Morgan fingerprint density at radius 2 is 1.37 bits per heavy atom. The van der Waals surface area contributed by atoms with Crippen LogP contribution in [0.3, 0.4) is 0 Å². The second kappa shape index (κ2) is 13.3. The van der Waals surface area contributed by atoms with Crippen molar-refractivity contribution in [2.45, 2.75) is 45.4 Å². The van der Waals surface area contributed by atoms with Crippen molar-refractivity contribution in [1.82, 2.24) is 10.6 Å². The molecular formula is C31H32ClN3O6. The summed E-state index contributed by atoms with van der Waals surface area (Å²) in [6.45, 7) is 5.27. The number of halogens is 1. The lowest BCUT2D eigenvalue weighted by molar-refractivity contribution is -0.128. The minimum absolute atomic E-state index is 0.0102. The van der Waals surface area contributed by atoms with Crippen LogP contribution in [0.25, 0.3) is 11.1 Å². The van der Waals surface area contributed by atoms with Crippen molar-refractivity contribution in [2.75, 3.05) is 11.9 Å². The highest BCUT2D eigenvalue weighted by Crippen LogP contribution is 2.44. The van der Waals surface area contributed by atoms with Crippen molar-refractivity contribution in [2.24, 2.45) is 5.92 Å². The van der Waals surface area contributed by atoms with Gasteiger partial charge in [-0.1, -0.05) is 74.5 Å². The predicted octanol–water partition coefficient (Wildman–Crippen LogP) is 5.57. The second-order valence-corrected chi connectivity index (χ2v) is 10.4. The van der Waals surface area contributed by atoms with Gasteiger partial charge in [0.2, 0.25) is 11.8 Å². The Morgan fingerprint density at radius 1 is 0.780 bits per heavy atom. The van der Waals surface area contributed by atoms with Crippen molar-refractivity contribution in [3.05, 3.63) is 89.5 Å². The van der Waals surface area contributed by atoms with E-state index in [1.165, 1.54) is 0 Å². The highest BCUT2D eigenvalue weighted by molar-refractivity contribution is 6.61. The first kappa shape index (κ1) is 29.6. The molecule has 2 atom stereocenters. The van der Waals surface area contributed by atoms with Gasteiger partial charge in [0.05, 0.1) is 0 Å². The molecule has 0 aromatic heterocycles. The summed E-state index contributed by atoms with van der Waals surface area (Å²) < 4.78 is 10.3. The van der Waals surface area contributed by atoms with Gasteiger partial charge in [0.25, 0.3) is 0 Å². The molecule has 10 heteroatoms. The third-order valence-electron chi connectivity index (χ3n) is 6.89. The quantitative estimate of drug-likeness (QED) is 0.271. The third-order valence-corrected chi connectivity index (χ3v) is 7.00. The molecule has 214 valence electrons. The van der Waals surface area contributed by atoms with E-state index in [0.29, 0.717) is 11.3 Å². The van der Waals surface area contributed by atoms with E-state index in [9.17, 15) is 19.2 Å². The number of hydrogen-bond donors (Lipinski definition) is 3. The summed E-state index contributed by atoms with van der Waals surface area (Å²) in [6.07, 6.45) is -0.710. The Morgan fingerprint density at radius 3 is 1.93 bits per heavy atom. The van der Waals surface area contributed by atoms with Gasteiger partial charge >= 0.3 is 11.5 Å². The van der Waals surface area contributed by atoms with Crippen molar-refractivity contribution in [3.8, 4) is 11.1 Å². The lowest BCUT2D eigenvalue weighted by Crippen LogP contribution is -2.53. The highest BCUT2D eigenvalue weighted by Gasteiger charge is 2.31. The maximum atomic E-state index is 13.0. The summed E-state index contributed by atoms with van der Waals surface area (Å²) in [7, 11) is 0. The summed E-state index contributed by atoms with van der Waals surface area (Å²) in [6, 6.07) is 20.9. The van der Waals surface area contributed by atoms with Crippen molar-refractivity contribution >= 4 is 40.6 Å². The van der Waals surface area contributed by atoms with Crippen LogP contribution < -0.4 is 16.0 Å². The van der Waals surface area contributed by atoms with Crippen LogP contribution in [0.2, 0.25) is 0 Å². The van der Waals surface area contributed by atoms with Gasteiger partial charge in [-0.15, -0.1) is 0 Å². The second-order valence-electron chi connectivity index (χ2n) is 10.1. The number of hydrogen-bond acceptors (Lipinski definition) is 6. The van der Waals surface area contributed by atoms with Crippen LogP contribution in [0.15, 0.2) is 72.8 Å². The molecule has 0 fully saturated rings. The smallest absolute Gasteiger partial charge is 0.407 e. The first-order valence-corrected chi connectivity index (χ1v) is 13.7. The van der Waals surface area contributed by atoms with Crippen LogP contribution in [0.5, 0.6) is 0 Å². The van der Waals surface area contributed by atoms with Crippen LogP contribution in [0.1, 0.15) is 43.4 Å². The zero-order valence-electron chi connectivity index (χ0n) is 23.0. The first-order chi connectivity index (χ1) is 19.6. The van der Waals surface area contributed by atoms with Gasteiger partial charge in [0.1, 0.15) is 25.3 Å². The SMILES string of the molecule is CC(C)[C@H](NC(=O)OCC1c2ccccc2-c2ccccc21)C(=O)N[C@@H](C)C(=O)Nc1ccc(COC(=O)Cl)cc1. The van der Waals surface area contributed by atoms with Crippen molar-refractivity contribution in [3.63, 3.8) is 0 Å². The Bertz CT molecular complexity index is 1380. The molecule has 0 bridgehead atoms. The standard InChI is InChI=1S/C31H32ClN3O6/c1-18(2)27(29(37)33-19(3)28(36)34-21-14-12-20(13-15-21)16-40-30(32)38)35-31(39)41-17-26-24-10-6-4-8-22(24)23-9-5-7-11-25(23)26/h4-15,18-19,26-27H,16-17H2,1-3H3,(H,33,37)(H,34,36)(H,35,39)/t19-,27-/m0/s1. The Kier molecular flexibility index (Phi) is 9.62. The Labute approximate surface area is 243 Å². The number of carbonyl (C=O) groups is 4. The van der Waals surface area contributed by atoms with E-state index in [-0.39, 0.29) is 25.0 Å². The molecular weight excluding hydrogens is 546 g/mol. The fraction of sp³-hybridized carbons (Fsp3) is 0.290. The lowest BCUT2D eigenvalue weighted by Gasteiger charge is -2.24. The van der Waals surface area contributed by atoms with E-state index in [4.69, 9.17) is 21.1 Å². The summed E-state index contributed by atoms with van der Waals surface area (Å²) >= 11 is 5.17. The van der Waals surface area contributed by atoms with Crippen molar-refractivity contribution in [1.29, 1.82) is 0 Å². The summed E-state index contributed by atoms with van der Waals surface area (Å²) in [4.78, 5) is 49.2. The van der Waals surface area contributed by atoms with Gasteiger partial charge in [-0.2, -0.15) is 0 Å². The average molecular weight is 578 g/mol. The summed E-state index contributed by atoms with van der Waals surface area (Å²) in [5.74, 6) is -1.32. The minimum atomic E-state index is -0.912. The zero-order valence-corrected chi connectivity index (χ0v) is 23.7. The van der Waals surface area contributed by atoms with Crippen LogP contribution >= 0.6 is 11.6 Å². The molecule has 0 saturated carbocycles. The number of rotatable bonds is 10. The molecule has 0 spiro atoms. The number of amides is 3. The van der Waals surface area contributed by atoms with E-state index in [0.717, 1.165) is 22.3 Å². The monoisotopic (exact) mass is 577 g/mol. The topological polar surface area (TPSA) is 123 Å². The van der Waals surface area contributed by atoms with E-state index in [1.807, 2.05) is 36.4 Å². The van der Waals surface area contributed by atoms with Gasteiger partial charge in [0, 0.05) is 23.2 Å². The molecule has 0 radical (unpaired) electrons. The number of alkyl carbamates (subject to hydrolysis) is 1. The Balaban J connectivity index is 1.30. The molecule has 3 N–H and O–H groups in total. The molecule has 3 aromatic rings. The molecule has 1 aliphatic rings. The predicted molar refractivity (Wildman–Crippen MR) is 156 cm³/mol. The number of fused-ring (bicyclic) bond motifs is 3. The molecule has 1 aliphatic carbocycles. The molecule has 0 saturated heterocycles. The van der Waals surface area contributed by atoms with Gasteiger partial charge in [-0.3, -0.25) is 9.59 Å². The Hall–Kier alpha value is -4.37. The maximum absolute atomic E-state index is 13.0. The minimum Gasteiger partial charge on any atom is -0.449 e. The summed E-state index contributed by atoms with van der Waals surface area (Å²) in [5, 5.41) is 8.04. The molecule has 9 nitrogen and oxygen atoms in total. The third kappa shape index (κ3) is 7.43. The number of ether oxygens (including phenoxy) is 2. The molecule has 3 aromatic carbocycles. The van der Waals surface area contributed by atoms with Gasteiger partial charge in [-0.05, 0) is 52.8 Å². The number of anilines is 1. The number of carbonyl (C=O) groups excluding carboxylic acids is 4. The van der Waals surface area contributed by atoms with E-state index in [2.05, 4.69) is 28.1 Å². The maximum Gasteiger partial charge on any atom is 0.407 e. The van der Waals surface area contributed by atoms with Crippen molar-refractivity contribution < 1.29 is 28.7 Å². The molecule has 41 heavy (non-hydrogen) atoms. The van der Waals surface area contributed by atoms with E-state index in [1.54, 1.807) is 45.0 Å². The molecule has 0 unspecified atom stereocenters. The lowest BCUT2D eigenvalue weighted by atomic mass is 9.98. The first-order valence-electron chi connectivity index (χ1n) is 13.3. The largest absolute Gasteiger partial charge is 0.449 e. The molecule has 3 amide bonds. The summed E-state index contributed by atoms with van der Waals surface area (Å²) in [5.41, 5.74) is 4.71. The van der Waals surface area contributed by atoms with Crippen LogP contribution in [-0.2, 0) is 25.7 Å². The highest BCUT2D eigenvalue weighted by atomic mass is 35.5. The van der Waals surface area contributed by atoms with Crippen LogP contribution in [0, 0.1) is 5.92 Å². The van der Waals surface area contributed by atoms with Crippen LogP contribution in [-0.4, -0.2) is 42.0 Å².